The summed E-state index contributed by atoms with van der Waals surface area (Å²) in [6.45, 7) is 2.48. The monoisotopic (exact) mass is 280 g/mol. The number of aryl methyl sites for hydroxylation is 1. The first-order valence-electron chi connectivity index (χ1n) is 6.59. The lowest BCUT2D eigenvalue weighted by Gasteiger charge is -2.02. The maximum Gasteiger partial charge on any atom is 0.293 e. The Balaban J connectivity index is 1.70. The van der Waals surface area contributed by atoms with Gasteiger partial charge in [-0.25, -0.2) is 4.98 Å². The molecule has 3 heterocycles. The zero-order chi connectivity index (χ0) is 14.2. The molecule has 0 aliphatic carbocycles. The van der Waals surface area contributed by atoms with Gasteiger partial charge in [-0.2, -0.15) is 4.98 Å². The van der Waals surface area contributed by atoms with E-state index in [4.69, 9.17) is 8.94 Å². The summed E-state index contributed by atoms with van der Waals surface area (Å²) >= 11 is 0. The van der Waals surface area contributed by atoms with Crippen molar-refractivity contribution >= 4 is 11.0 Å². The van der Waals surface area contributed by atoms with Crippen LogP contribution in [0.1, 0.15) is 11.6 Å². The van der Waals surface area contributed by atoms with Crippen LogP contribution in [0.25, 0.3) is 22.7 Å². The second kappa shape index (κ2) is 4.59. The number of rotatable bonds is 3. The molecule has 1 aromatic carbocycles. The lowest BCUT2D eigenvalue weighted by atomic mass is 10.3. The Bertz CT molecular complexity index is 890. The van der Waals surface area contributed by atoms with E-state index in [2.05, 4.69) is 19.7 Å². The van der Waals surface area contributed by atoms with E-state index in [0.717, 1.165) is 16.9 Å². The molecule has 21 heavy (non-hydrogen) atoms. The molecular formula is C15H12N4O2. The molecule has 0 saturated carbocycles. The van der Waals surface area contributed by atoms with Crippen molar-refractivity contribution in [3.8, 4) is 11.7 Å². The molecule has 4 rings (SSSR count). The van der Waals surface area contributed by atoms with Crippen LogP contribution in [0.2, 0.25) is 0 Å². The lowest BCUT2D eigenvalue weighted by Crippen LogP contribution is -2.03. The first kappa shape index (κ1) is 11.9. The van der Waals surface area contributed by atoms with Crippen LogP contribution in [0.15, 0.2) is 51.6 Å². The summed E-state index contributed by atoms with van der Waals surface area (Å²) in [6, 6.07) is 11.6. The summed E-state index contributed by atoms with van der Waals surface area (Å²) in [5.41, 5.74) is 2.02. The molecule has 0 unspecified atom stereocenters. The van der Waals surface area contributed by atoms with Crippen molar-refractivity contribution in [2.75, 3.05) is 0 Å². The molecule has 0 bridgehead atoms. The molecule has 4 aromatic rings. The van der Waals surface area contributed by atoms with Gasteiger partial charge in [0.2, 0.25) is 0 Å². The van der Waals surface area contributed by atoms with E-state index in [1.54, 1.807) is 18.4 Å². The molecule has 0 N–H and O–H groups in total. The van der Waals surface area contributed by atoms with Crippen LogP contribution in [-0.4, -0.2) is 19.7 Å². The van der Waals surface area contributed by atoms with Crippen molar-refractivity contribution in [3.05, 3.63) is 54.3 Å². The zero-order valence-corrected chi connectivity index (χ0v) is 11.4. The Hall–Kier alpha value is -2.89. The van der Waals surface area contributed by atoms with E-state index in [0.29, 0.717) is 24.0 Å². The molecule has 104 valence electrons. The maximum atomic E-state index is 5.25. The molecule has 3 aromatic heterocycles. The van der Waals surface area contributed by atoms with Crippen molar-refractivity contribution in [1.82, 2.24) is 19.7 Å². The molecule has 0 atom stereocenters. The summed E-state index contributed by atoms with van der Waals surface area (Å²) in [6.07, 6.45) is 1.58. The van der Waals surface area contributed by atoms with Crippen LogP contribution in [0.3, 0.4) is 0 Å². The fourth-order valence-electron chi connectivity index (χ4n) is 2.36. The average Bonchev–Trinajstić information content (AvgIpc) is 3.20. The summed E-state index contributed by atoms with van der Waals surface area (Å²) in [5, 5.41) is 4.00. The van der Waals surface area contributed by atoms with E-state index in [1.165, 1.54) is 0 Å². The smallest absolute Gasteiger partial charge is 0.293 e. The molecule has 6 heteroatoms. The molecule has 0 amide bonds. The number of nitrogens with zero attached hydrogens (tertiary/aromatic N) is 4. The molecule has 0 spiro atoms. The van der Waals surface area contributed by atoms with Gasteiger partial charge in [-0.15, -0.1) is 0 Å². The van der Waals surface area contributed by atoms with Gasteiger partial charge in [0, 0.05) is 0 Å². The fraction of sp³-hybridized carbons (Fsp3) is 0.133. The molecule has 0 aliphatic rings. The highest BCUT2D eigenvalue weighted by Crippen LogP contribution is 2.19. The van der Waals surface area contributed by atoms with Crippen LogP contribution < -0.4 is 0 Å². The van der Waals surface area contributed by atoms with E-state index in [9.17, 15) is 0 Å². The zero-order valence-electron chi connectivity index (χ0n) is 11.4. The number of hydrogen-bond acceptors (Lipinski definition) is 5. The third-order valence-corrected chi connectivity index (χ3v) is 3.34. The first-order valence-corrected chi connectivity index (χ1v) is 6.59. The first-order chi connectivity index (χ1) is 10.3. The minimum atomic E-state index is 0.386. The molecule has 0 saturated heterocycles. The topological polar surface area (TPSA) is 69.9 Å². The van der Waals surface area contributed by atoms with Crippen LogP contribution in [0.4, 0.5) is 0 Å². The van der Waals surface area contributed by atoms with Crippen LogP contribution in [0, 0.1) is 6.92 Å². The van der Waals surface area contributed by atoms with Crippen molar-refractivity contribution < 1.29 is 8.94 Å². The number of benzene rings is 1. The Morgan fingerprint density at radius 2 is 2.00 bits per heavy atom. The van der Waals surface area contributed by atoms with Gasteiger partial charge < -0.3 is 13.5 Å². The van der Waals surface area contributed by atoms with E-state index < -0.39 is 0 Å². The van der Waals surface area contributed by atoms with Gasteiger partial charge in [0.25, 0.3) is 5.89 Å². The number of imidazole rings is 1. The predicted octanol–water partition coefficient (Wildman–Crippen LogP) is 3.04. The highest BCUT2D eigenvalue weighted by Gasteiger charge is 2.14. The van der Waals surface area contributed by atoms with Gasteiger partial charge >= 0.3 is 0 Å². The Labute approximate surface area is 120 Å². The number of aromatic nitrogens is 4. The molecular weight excluding hydrogens is 268 g/mol. The highest BCUT2D eigenvalue weighted by atomic mass is 16.5. The second-order valence-electron chi connectivity index (χ2n) is 4.73. The standard InChI is InChI=1S/C15H12N4O2/c1-10-16-11-5-2-3-6-12(11)19(10)9-14-17-15(21-18-14)13-7-4-8-20-13/h2-8H,9H2,1H3. The van der Waals surface area contributed by atoms with Crippen molar-refractivity contribution in [3.63, 3.8) is 0 Å². The van der Waals surface area contributed by atoms with Gasteiger partial charge in [-0.3, -0.25) is 0 Å². The summed E-state index contributed by atoms with van der Waals surface area (Å²) in [4.78, 5) is 8.88. The largest absolute Gasteiger partial charge is 0.459 e. The molecule has 6 nitrogen and oxygen atoms in total. The predicted molar refractivity (Wildman–Crippen MR) is 75.6 cm³/mol. The third-order valence-electron chi connectivity index (χ3n) is 3.34. The Morgan fingerprint density at radius 3 is 2.86 bits per heavy atom. The molecule has 0 fully saturated rings. The van der Waals surface area contributed by atoms with Crippen molar-refractivity contribution in [2.24, 2.45) is 0 Å². The summed E-state index contributed by atoms with van der Waals surface area (Å²) in [5.74, 6) is 2.46. The minimum absolute atomic E-state index is 0.386. The molecule has 0 radical (unpaired) electrons. The number of fused-ring (bicyclic) bond motifs is 1. The van der Waals surface area contributed by atoms with E-state index in [1.807, 2.05) is 31.2 Å². The Kier molecular flexibility index (Phi) is 2.60. The third kappa shape index (κ3) is 2.01. The number of para-hydroxylation sites is 2. The van der Waals surface area contributed by atoms with Crippen LogP contribution in [-0.2, 0) is 6.54 Å². The molecule has 0 aliphatic heterocycles. The maximum absolute atomic E-state index is 5.25. The highest BCUT2D eigenvalue weighted by molar-refractivity contribution is 5.75. The van der Waals surface area contributed by atoms with Crippen LogP contribution in [0.5, 0.6) is 0 Å². The van der Waals surface area contributed by atoms with E-state index >= 15 is 0 Å². The van der Waals surface area contributed by atoms with Crippen LogP contribution >= 0.6 is 0 Å². The minimum Gasteiger partial charge on any atom is -0.459 e. The Morgan fingerprint density at radius 1 is 1.10 bits per heavy atom. The lowest BCUT2D eigenvalue weighted by molar-refractivity contribution is 0.407. The summed E-state index contributed by atoms with van der Waals surface area (Å²) < 4.78 is 12.5. The van der Waals surface area contributed by atoms with Gasteiger partial charge in [0.15, 0.2) is 11.6 Å². The quantitative estimate of drug-likeness (QED) is 0.577. The van der Waals surface area contributed by atoms with E-state index in [-0.39, 0.29) is 0 Å². The fourth-order valence-corrected chi connectivity index (χ4v) is 2.36. The van der Waals surface area contributed by atoms with Gasteiger partial charge in [0.05, 0.1) is 23.8 Å². The van der Waals surface area contributed by atoms with Crippen molar-refractivity contribution in [2.45, 2.75) is 13.5 Å². The second-order valence-corrected chi connectivity index (χ2v) is 4.73. The number of hydrogen-bond donors (Lipinski definition) is 0. The van der Waals surface area contributed by atoms with Gasteiger partial charge in [0.1, 0.15) is 5.82 Å². The average molecular weight is 280 g/mol. The van der Waals surface area contributed by atoms with Gasteiger partial charge in [-0.1, -0.05) is 17.3 Å². The number of furan rings is 1. The SMILES string of the molecule is Cc1nc2ccccc2n1Cc1noc(-c2ccco2)n1. The summed E-state index contributed by atoms with van der Waals surface area (Å²) in [7, 11) is 0. The van der Waals surface area contributed by atoms with Gasteiger partial charge in [-0.05, 0) is 31.2 Å². The van der Waals surface area contributed by atoms with Crippen molar-refractivity contribution in [1.29, 1.82) is 0 Å². The normalized spacial score (nSPS) is 11.3.